The minimum absolute atomic E-state index is 0.572. The molecule has 1 atom stereocenters. The predicted octanol–water partition coefficient (Wildman–Crippen LogP) is 3.72. The topological polar surface area (TPSA) is 12.0 Å². The van der Waals surface area contributed by atoms with Crippen LogP contribution in [0.4, 0.5) is 5.69 Å². The second-order valence-electron chi connectivity index (χ2n) is 4.31. The smallest absolute Gasteiger partial charge is 0.0640 e. The average molecular weight is 210 g/mol. The Morgan fingerprint density at radius 3 is 2.93 bits per heavy atom. The molecule has 1 aliphatic heterocycles. The van der Waals surface area contributed by atoms with Crippen LogP contribution in [0, 0.1) is 5.92 Å². The lowest BCUT2D eigenvalue weighted by Crippen LogP contribution is -2.30. The van der Waals surface area contributed by atoms with Gasteiger partial charge >= 0.3 is 0 Å². The molecule has 0 bridgehead atoms. The molecule has 2 heteroatoms. The van der Waals surface area contributed by atoms with Crippen molar-refractivity contribution in [2.45, 2.75) is 32.7 Å². The van der Waals surface area contributed by atoms with Gasteiger partial charge in [-0.1, -0.05) is 37.6 Å². The normalized spacial score (nSPS) is 20.4. The van der Waals surface area contributed by atoms with Gasteiger partial charge < -0.3 is 5.32 Å². The van der Waals surface area contributed by atoms with Crippen LogP contribution < -0.4 is 5.32 Å². The van der Waals surface area contributed by atoms with Crippen molar-refractivity contribution in [1.29, 1.82) is 0 Å². The first-order valence-electron chi connectivity index (χ1n) is 5.22. The molecule has 1 nitrogen and oxygen atoms in total. The summed E-state index contributed by atoms with van der Waals surface area (Å²) >= 11 is 6.15. The summed E-state index contributed by atoms with van der Waals surface area (Å²) in [6.45, 7) is 4.50. The van der Waals surface area contributed by atoms with E-state index in [2.05, 4.69) is 25.2 Å². The van der Waals surface area contributed by atoms with Gasteiger partial charge in [0, 0.05) is 6.04 Å². The van der Waals surface area contributed by atoms with Crippen LogP contribution in [-0.2, 0) is 6.42 Å². The van der Waals surface area contributed by atoms with Crippen molar-refractivity contribution in [1.82, 2.24) is 0 Å². The van der Waals surface area contributed by atoms with E-state index >= 15 is 0 Å². The second kappa shape index (κ2) is 3.82. The Labute approximate surface area is 90.5 Å². The van der Waals surface area contributed by atoms with Gasteiger partial charge in [0.1, 0.15) is 0 Å². The monoisotopic (exact) mass is 209 g/mol. The maximum absolute atomic E-state index is 6.15. The number of benzene rings is 1. The summed E-state index contributed by atoms with van der Waals surface area (Å²) in [5, 5.41) is 4.39. The van der Waals surface area contributed by atoms with Gasteiger partial charge in [-0.2, -0.15) is 0 Å². The quantitative estimate of drug-likeness (QED) is 0.744. The Hall–Kier alpha value is -0.690. The van der Waals surface area contributed by atoms with E-state index < -0.39 is 0 Å². The molecule has 76 valence electrons. The van der Waals surface area contributed by atoms with E-state index in [4.69, 9.17) is 11.6 Å². The van der Waals surface area contributed by atoms with Gasteiger partial charge in [0.2, 0.25) is 0 Å². The number of para-hydroxylation sites is 1. The van der Waals surface area contributed by atoms with E-state index in [0.29, 0.717) is 12.0 Å². The highest BCUT2D eigenvalue weighted by Crippen LogP contribution is 2.33. The molecule has 0 amide bonds. The number of nitrogens with one attached hydrogen (secondary N) is 1. The van der Waals surface area contributed by atoms with Crippen molar-refractivity contribution in [2.75, 3.05) is 5.32 Å². The number of aryl methyl sites for hydroxylation is 1. The first-order chi connectivity index (χ1) is 6.68. The lowest BCUT2D eigenvalue weighted by molar-refractivity contribution is 0.483. The van der Waals surface area contributed by atoms with Crippen LogP contribution in [0.5, 0.6) is 0 Å². The maximum atomic E-state index is 6.15. The molecule has 0 saturated carbocycles. The molecule has 0 fully saturated rings. The van der Waals surface area contributed by atoms with Crippen LogP contribution in [0.2, 0.25) is 5.02 Å². The van der Waals surface area contributed by atoms with Gasteiger partial charge in [0.15, 0.2) is 0 Å². The van der Waals surface area contributed by atoms with E-state index in [1.54, 1.807) is 0 Å². The summed E-state index contributed by atoms with van der Waals surface area (Å²) < 4.78 is 0. The Morgan fingerprint density at radius 1 is 1.43 bits per heavy atom. The molecule has 0 aromatic heterocycles. The number of hydrogen-bond acceptors (Lipinski definition) is 1. The van der Waals surface area contributed by atoms with E-state index in [-0.39, 0.29) is 0 Å². The molecule has 1 unspecified atom stereocenters. The Bertz CT molecular complexity index is 333. The highest BCUT2D eigenvalue weighted by molar-refractivity contribution is 6.33. The van der Waals surface area contributed by atoms with Gasteiger partial charge in [-0.15, -0.1) is 0 Å². The zero-order valence-electron chi connectivity index (χ0n) is 8.68. The van der Waals surface area contributed by atoms with E-state index in [1.807, 2.05) is 12.1 Å². The Morgan fingerprint density at radius 2 is 2.21 bits per heavy atom. The van der Waals surface area contributed by atoms with Crippen molar-refractivity contribution in [3.63, 3.8) is 0 Å². The van der Waals surface area contributed by atoms with E-state index in [9.17, 15) is 0 Å². The largest absolute Gasteiger partial charge is 0.381 e. The Kier molecular flexibility index (Phi) is 2.69. The first kappa shape index (κ1) is 9.85. The van der Waals surface area contributed by atoms with Crippen LogP contribution in [0.15, 0.2) is 18.2 Å². The van der Waals surface area contributed by atoms with E-state index in [0.717, 1.165) is 17.1 Å². The molecule has 0 radical (unpaired) electrons. The third-order valence-electron chi connectivity index (χ3n) is 2.96. The third kappa shape index (κ3) is 1.74. The van der Waals surface area contributed by atoms with Gasteiger partial charge in [-0.3, -0.25) is 0 Å². The molecule has 2 rings (SSSR count). The number of anilines is 1. The fraction of sp³-hybridized carbons (Fsp3) is 0.500. The summed E-state index contributed by atoms with van der Waals surface area (Å²) in [4.78, 5) is 0. The average Bonchev–Trinajstić information content (AvgIpc) is 2.18. The van der Waals surface area contributed by atoms with Gasteiger partial charge in [-0.05, 0) is 30.4 Å². The molecule has 1 aromatic rings. The van der Waals surface area contributed by atoms with Crippen molar-refractivity contribution in [3.05, 3.63) is 28.8 Å². The zero-order valence-corrected chi connectivity index (χ0v) is 9.43. The summed E-state index contributed by atoms with van der Waals surface area (Å²) in [6, 6.07) is 6.71. The lowest BCUT2D eigenvalue weighted by atomic mass is 9.91. The fourth-order valence-corrected chi connectivity index (χ4v) is 2.26. The molecule has 0 spiro atoms. The SMILES string of the molecule is CC(C)C1CCc2cccc(Cl)c2N1. The molecule has 1 aliphatic rings. The van der Waals surface area contributed by atoms with Crippen molar-refractivity contribution in [3.8, 4) is 0 Å². The molecule has 14 heavy (non-hydrogen) atoms. The number of hydrogen-bond donors (Lipinski definition) is 1. The third-order valence-corrected chi connectivity index (χ3v) is 3.27. The van der Waals surface area contributed by atoms with E-state index in [1.165, 1.54) is 12.0 Å². The maximum Gasteiger partial charge on any atom is 0.0640 e. The second-order valence-corrected chi connectivity index (χ2v) is 4.71. The highest BCUT2D eigenvalue weighted by atomic mass is 35.5. The molecule has 1 heterocycles. The van der Waals surface area contributed by atoms with Crippen molar-refractivity contribution in [2.24, 2.45) is 5.92 Å². The minimum Gasteiger partial charge on any atom is -0.381 e. The fourth-order valence-electron chi connectivity index (χ4n) is 2.01. The highest BCUT2D eigenvalue weighted by Gasteiger charge is 2.21. The first-order valence-corrected chi connectivity index (χ1v) is 5.60. The molecule has 0 saturated heterocycles. The summed E-state index contributed by atoms with van der Waals surface area (Å²) in [7, 11) is 0. The lowest BCUT2D eigenvalue weighted by Gasteiger charge is -2.30. The Balaban J connectivity index is 2.29. The number of halogens is 1. The van der Waals surface area contributed by atoms with Crippen molar-refractivity contribution >= 4 is 17.3 Å². The van der Waals surface area contributed by atoms with Gasteiger partial charge in [0.25, 0.3) is 0 Å². The van der Waals surface area contributed by atoms with Crippen LogP contribution in [0.3, 0.4) is 0 Å². The molecule has 0 aliphatic carbocycles. The zero-order chi connectivity index (χ0) is 10.1. The minimum atomic E-state index is 0.572. The van der Waals surface area contributed by atoms with Crippen molar-refractivity contribution < 1.29 is 0 Å². The van der Waals surface area contributed by atoms with Crippen LogP contribution >= 0.6 is 11.6 Å². The number of fused-ring (bicyclic) bond motifs is 1. The summed E-state index contributed by atoms with van der Waals surface area (Å²) in [5.41, 5.74) is 2.51. The van der Waals surface area contributed by atoms with Crippen LogP contribution in [0.25, 0.3) is 0 Å². The molecular weight excluding hydrogens is 194 g/mol. The predicted molar refractivity (Wildman–Crippen MR) is 62.0 cm³/mol. The molecule has 1 aromatic carbocycles. The molecular formula is C12H16ClN. The summed E-state index contributed by atoms with van der Waals surface area (Å²) in [5.74, 6) is 0.666. The summed E-state index contributed by atoms with van der Waals surface area (Å²) in [6.07, 6.45) is 2.36. The van der Waals surface area contributed by atoms with Gasteiger partial charge in [-0.25, -0.2) is 0 Å². The van der Waals surface area contributed by atoms with Crippen LogP contribution in [-0.4, -0.2) is 6.04 Å². The van der Waals surface area contributed by atoms with Gasteiger partial charge in [0.05, 0.1) is 10.7 Å². The number of rotatable bonds is 1. The molecule has 1 N–H and O–H groups in total. The standard InChI is InChI=1S/C12H16ClN/c1-8(2)11-7-6-9-4-3-5-10(13)12(9)14-11/h3-5,8,11,14H,6-7H2,1-2H3. The van der Waals surface area contributed by atoms with Crippen LogP contribution in [0.1, 0.15) is 25.8 Å².